The molecule has 1 aromatic heterocycles. The van der Waals surface area contributed by atoms with Gasteiger partial charge in [0.1, 0.15) is 0 Å². The molecule has 1 heterocycles. The Balaban J connectivity index is 2.75. The van der Waals surface area contributed by atoms with Crippen molar-refractivity contribution < 1.29 is 14.7 Å². The smallest absolute Gasteiger partial charge is 0.308 e. The zero-order valence-corrected chi connectivity index (χ0v) is 9.96. The molecule has 5 nitrogen and oxygen atoms in total. The fourth-order valence-corrected chi connectivity index (χ4v) is 1.44. The molecule has 0 aliphatic rings. The highest BCUT2D eigenvalue weighted by Gasteiger charge is 2.20. The van der Waals surface area contributed by atoms with Gasteiger partial charge >= 0.3 is 5.97 Å². The number of carbonyl (C=O) groups excluding carboxylic acids is 1. The Hall–Kier alpha value is -1.91. The summed E-state index contributed by atoms with van der Waals surface area (Å²) < 4.78 is 0. The van der Waals surface area contributed by atoms with Crippen molar-refractivity contribution in [3.05, 3.63) is 30.1 Å². The van der Waals surface area contributed by atoms with Crippen molar-refractivity contribution >= 4 is 11.9 Å². The molecule has 1 amide bonds. The van der Waals surface area contributed by atoms with Gasteiger partial charge in [-0.3, -0.25) is 14.6 Å². The number of aromatic nitrogens is 1. The van der Waals surface area contributed by atoms with E-state index in [1.165, 1.54) is 4.90 Å². The minimum absolute atomic E-state index is 0.164. The fourth-order valence-electron chi connectivity index (χ4n) is 1.44. The van der Waals surface area contributed by atoms with Gasteiger partial charge in [-0.05, 0) is 19.1 Å². The zero-order chi connectivity index (χ0) is 12.8. The maximum atomic E-state index is 12.0. The Kier molecular flexibility index (Phi) is 4.63. The van der Waals surface area contributed by atoms with Crippen LogP contribution < -0.4 is 0 Å². The van der Waals surface area contributed by atoms with Crippen molar-refractivity contribution in [2.75, 3.05) is 13.1 Å². The molecule has 1 atom stereocenters. The number of hydrogen-bond acceptors (Lipinski definition) is 3. The molecule has 17 heavy (non-hydrogen) atoms. The van der Waals surface area contributed by atoms with E-state index < -0.39 is 11.9 Å². The quantitative estimate of drug-likeness (QED) is 0.835. The van der Waals surface area contributed by atoms with E-state index in [9.17, 15) is 9.59 Å². The summed E-state index contributed by atoms with van der Waals surface area (Å²) in [5, 5.41) is 8.83. The summed E-state index contributed by atoms with van der Waals surface area (Å²) in [6.45, 7) is 4.12. The molecule has 0 fully saturated rings. The molecule has 0 spiro atoms. The van der Waals surface area contributed by atoms with Crippen LogP contribution in [0.1, 0.15) is 24.2 Å². The van der Waals surface area contributed by atoms with Crippen molar-refractivity contribution in [1.82, 2.24) is 9.88 Å². The maximum absolute atomic E-state index is 12.0. The molecule has 1 rings (SSSR count). The fraction of sp³-hybridized carbons (Fsp3) is 0.417. The Morgan fingerprint density at radius 2 is 2.00 bits per heavy atom. The Morgan fingerprint density at radius 1 is 1.41 bits per heavy atom. The first-order valence-corrected chi connectivity index (χ1v) is 5.48. The van der Waals surface area contributed by atoms with Crippen LogP contribution in [-0.4, -0.2) is 40.0 Å². The van der Waals surface area contributed by atoms with E-state index in [4.69, 9.17) is 5.11 Å². The van der Waals surface area contributed by atoms with Crippen LogP contribution in [-0.2, 0) is 4.79 Å². The van der Waals surface area contributed by atoms with Crippen molar-refractivity contribution in [2.24, 2.45) is 5.92 Å². The van der Waals surface area contributed by atoms with Gasteiger partial charge in [-0.1, -0.05) is 6.92 Å². The van der Waals surface area contributed by atoms with Crippen LogP contribution in [0.4, 0.5) is 0 Å². The first-order valence-electron chi connectivity index (χ1n) is 5.48. The number of carboxylic acid groups (broad SMARTS) is 1. The summed E-state index contributed by atoms with van der Waals surface area (Å²) in [5.74, 6) is -1.63. The summed E-state index contributed by atoms with van der Waals surface area (Å²) >= 11 is 0. The maximum Gasteiger partial charge on any atom is 0.308 e. The van der Waals surface area contributed by atoms with Crippen LogP contribution >= 0.6 is 0 Å². The predicted molar refractivity (Wildman–Crippen MR) is 62.6 cm³/mol. The number of amides is 1. The topological polar surface area (TPSA) is 70.5 Å². The van der Waals surface area contributed by atoms with Gasteiger partial charge in [0.05, 0.1) is 5.92 Å². The number of carboxylic acids is 1. The van der Waals surface area contributed by atoms with Crippen LogP contribution in [0, 0.1) is 5.92 Å². The monoisotopic (exact) mass is 236 g/mol. The molecule has 1 aromatic rings. The van der Waals surface area contributed by atoms with Gasteiger partial charge in [-0.25, -0.2) is 0 Å². The van der Waals surface area contributed by atoms with Crippen LogP contribution in [0.5, 0.6) is 0 Å². The van der Waals surface area contributed by atoms with E-state index in [1.54, 1.807) is 31.5 Å². The third-order valence-electron chi connectivity index (χ3n) is 2.51. The highest BCUT2D eigenvalue weighted by atomic mass is 16.4. The van der Waals surface area contributed by atoms with E-state index >= 15 is 0 Å². The Bertz CT molecular complexity index is 392. The lowest BCUT2D eigenvalue weighted by atomic mass is 10.1. The molecule has 1 N–H and O–H groups in total. The van der Waals surface area contributed by atoms with E-state index in [0.29, 0.717) is 12.1 Å². The van der Waals surface area contributed by atoms with Crippen molar-refractivity contribution in [2.45, 2.75) is 13.8 Å². The molecule has 0 saturated heterocycles. The lowest BCUT2D eigenvalue weighted by Crippen LogP contribution is -2.36. The molecule has 0 aromatic carbocycles. The molecule has 0 saturated carbocycles. The lowest BCUT2D eigenvalue weighted by Gasteiger charge is -2.22. The Labute approximate surface area is 100 Å². The second kappa shape index (κ2) is 5.98. The molecule has 5 heteroatoms. The Morgan fingerprint density at radius 3 is 2.47 bits per heavy atom. The van der Waals surface area contributed by atoms with Crippen LogP contribution in [0.2, 0.25) is 0 Å². The number of hydrogen-bond donors (Lipinski definition) is 1. The molecular formula is C12H16N2O3. The SMILES string of the molecule is CCN(CC(C)C(=O)O)C(=O)c1ccncc1. The number of pyridine rings is 1. The largest absolute Gasteiger partial charge is 0.481 e. The summed E-state index contributed by atoms with van der Waals surface area (Å²) in [6.07, 6.45) is 3.09. The van der Waals surface area contributed by atoms with E-state index in [0.717, 1.165) is 0 Å². The van der Waals surface area contributed by atoms with Gasteiger partial charge in [0.25, 0.3) is 5.91 Å². The zero-order valence-electron chi connectivity index (χ0n) is 9.96. The molecule has 0 bridgehead atoms. The first-order chi connectivity index (χ1) is 8.06. The second-order valence-corrected chi connectivity index (χ2v) is 3.82. The van der Waals surface area contributed by atoms with Crippen LogP contribution in [0.3, 0.4) is 0 Å². The third kappa shape index (κ3) is 3.55. The molecular weight excluding hydrogens is 220 g/mol. The van der Waals surface area contributed by atoms with E-state index in [2.05, 4.69) is 4.98 Å². The van der Waals surface area contributed by atoms with Gasteiger partial charge in [0.2, 0.25) is 0 Å². The summed E-state index contributed by atoms with van der Waals surface area (Å²) in [5.41, 5.74) is 0.527. The molecule has 0 radical (unpaired) electrons. The van der Waals surface area contributed by atoms with Crippen molar-refractivity contribution in [3.63, 3.8) is 0 Å². The van der Waals surface area contributed by atoms with Gasteiger partial charge in [0.15, 0.2) is 0 Å². The minimum Gasteiger partial charge on any atom is -0.481 e. The van der Waals surface area contributed by atoms with Gasteiger partial charge in [-0.2, -0.15) is 0 Å². The average molecular weight is 236 g/mol. The number of aliphatic carboxylic acids is 1. The van der Waals surface area contributed by atoms with E-state index in [1.807, 2.05) is 6.92 Å². The van der Waals surface area contributed by atoms with Gasteiger partial charge in [-0.15, -0.1) is 0 Å². The number of rotatable bonds is 5. The number of nitrogens with zero attached hydrogens (tertiary/aromatic N) is 2. The third-order valence-corrected chi connectivity index (χ3v) is 2.51. The number of carbonyl (C=O) groups is 2. The lowest BCUT2D eigenvalue weighted by molar-refractivity contribution is -0.141. The molecule has 92 valence electrons. The highest BCUT2D eigenvalue weighted by molar-refractivity contribution is 5.94. The first kappa shape index (κ1) is 13.2. The minimum atomic E-state index is -0.897. The highest BCUT2D eigenvalue weighted by Crippen LogP contribution is 2.07. The van der Waals surface area contributed by atoms with E-state index in [-0.39, 0.29) is 12.5 Å². The van der Waals surface area contributed by atoms with Gasteiger partial charge in [0, 0.05) is 31.0 Å². The normalized spacial score (nSPS) is 11.9. The summed E-state index contributed by atoms with van der Waals surface area (Å²) in [4.78, 5) is 28.2. The molecule has 0 aliphatic carbocycles. The molecule has 1 unspecified atom stereocenters. The average Bonchev–Trinajstić information content (AvgIpc) is 2.35. The van der Waals surface area contributed by atoms with Gasteiger partial charge < -0.3 is 10.0 Å². The standard InChI is InChI=1S/C12H16N2O3/c1-3-14(8-9(2)12(16)17)11(15)10-4-6-13-7-5-10/h4-7,9H,3,8H2,1-2H3,(H,16,17). The van der Waals surface area contributed by atoms with Crippen LogP contribution in [0.25, 0.3) is 0 Å². The second-order valence-electron chi connectivity index (χ2n) is 3.82. The molecule has 0 aliphatic heterocycles. The van der Waals surface area contributed by atoms with Crippen molar-refractivity contribution in [1.29, 1.82) is 0 Å². The van der Waals surface area contributed by atoms with Crippen molar-refractivity contribution in [3.8, 4) is 0 Å². The summed E-state index contributed by atoms with van der Waals surface area (Å²) in [6, 6.07) is 3.24. The van der Waals surface area contributed by atoms with Crippen LogP contribution in [0.15, 0.2) is 24.5 Å². The summed E-state index contributed by atoms with van der Waals surface area (Å²) in [7, 11) is 0. The predicted octanol–water partition coefficient (Wildman–Crippen LogP) is 1.26.